The minimum atomic E-state index is -1.91. The van der Waals surface area contributed by atoms with Gasteiger partial charge in [-0.25, -0.2) is 14.4 Å². The van der Waals surface area contributed by atoms with Crippen molar-refractivity contribution in [3.63, 3.8) is 0 Å². The number of carbonyl (C=O) groups excluding carboxylic acids is 9. The number of fused-ring (bicyclic) bond motifs is 5. The van der Waals surface area contributed by atoms with E-state index in [4.69, 9.17) is 48.5 Å². The van der Waals surface area contributed by atoms with E-state index in [2.05, 4.69) is 31.9 Å². The third-order valence-corrected chi connectivity index (χ3v) is 16.4. The monoisotopic (exact) mass is 1220 g/mol. The first-order chi connectivity index (χ1) is 40.1. The molecule has 4 aliphatic heterocycles. The first kappa shape index (κ1) is 66.7. The highest BCUT2D eigenvalue weighted by Gasteiger charge is 2.64. The summed E-state index contributed by atoms with van der Waals surface area (Å²) in [6.07, 6.45) is 3.87. The maximum Gasteiger partial charge on any atom is 0.409 e. The van der Waals surface area contributed by atoms with Crippen LogP contribution in [0.4, 0.5) is 21.0 Å². The predicted octanol–water partition coefficient (Wildman–Crippen LogP) is 4.19. The molecule has 9 N–H and O–H groups in total. The number of hydrogen-bond acceptors (Lipinski definition) is 15. The van der Waals surface area contributed by atoms with Crippen molar-refractivity contribution in [2.75, 3.05) is 51.1 Å². The molecule has 4 bridgehead atoms. The van der Waals surface area contributed by atoms with Gasteiger partial charge in [-0.15, -0.1) is 0 Å². The molecule has 0 aromatic heterocycles. The van der Waals surface area contributed by atoms with E-state index in [1.54, 1.807) is 65.1 Å². The topological polar surface area (TPSA) is 322 Å². The Balaban J connectivity index is 1.19. The van der Waals surface area contributed by atoms with E-state index in [0.717, 1.165) is 20.9 Å². The fourth-order valence-electron chi connectivity index (χ4n) is 10.4. The second-order valence-corrected chi connectivity index (χ2v) is 23.2. The number of aliphatic hydroxyl groups is 1. The van der Waals surface area contributed by atoms with Crippen LogP contribution in [0.25, 0.3) is 0 Å². The number of unbranched alkanes of at least 4 members (excludes halogenated alkanes) is 1. The van der Waals surface area contributed by atoms with Gasteiger partial charge in [0.25, 0.3) is 17.7 Å². The number of likely N-dealkylation sites (N-methyl/N-ethyl adjacent to an activating group) is 1. The number of esters is 1. The number of thiocarbonyl (C=S) groups is 1. The molecule has 85 heavy (non-hydrogen) atoms. The molecule has 0 unspecified atom stereocenters. The molecule has 10 atom stereocenters. The number of nitrogens with two attached hydrogens (primary N) is 1. The molecule has 2 fully saturated rings. The smallest absolute Gasteiger partial charge is 0.409 e. The second-order valence-electron chi connectivity index (χ2n) is 22.4. The van der Waals surface area contributed by atoms with E-state index in [-0.39, 0.29) is 66.4 Å². The number of epoxide rings is 1. The number of allylic oxidation sites excluding steroid dienone is 3. The molecule has 2 aromatic rings. The molecule has 462 valence electrons. The normalized spacial score (nSPS) is 25.2. The number of methoxy groups -OCH3 is 1. The summed E-state index contributed by atoms with van der Waals surface area (Å²) < 4.78 is 24.0. The molecule has 9 amide bonds. The number of benzene rings is 2. The number of carbonyl (C=O) groups is 9. The number of hydrogen-bond donors (Lipinski definition) is 8. The SMILES string of the molecule is CO[C@@H]1/C=C/C=C(\C)Cc2cc(C)c(Cl)c(c2)N(C)C(=O)C[C@H](OC(=O)[C@H](C)N(C)C(=O)c2ccccc2NC(=O)[C@H](CCCNC(N)=O)NC(=O)[C@@H](NC(=S)NCCCCN2C(=O)C=CC2=O)C(C)C)[C@]2(C)O[C@H]2[C@H](C)[C@@H]2C[C@@]1(O)NC(=O)O2. The summed E-state index contributed by atoms with van der Waals surface area (Å²) in [6.45, 7) is 12.8. The van der Waals surface area contributed by atoms with Gasteiger partial charge in [-0.2, -0.15) is 0 Å². The Hall–Kier alpha value is -7.45. The number of aryl methyl sites for hydroxylation is 1. The summed E-state index contributed by atoms with van der Waals surface area (Å²) in [4.78, 5) is 124. The van der Waals surface area contributed by atoms with Crippen molar-refractivity contribution >= 4 is 93.8 Å². The molecule has 0 saturated carbocycles. The summed E-state index contributed by atoms with van der Waals surface area (Å²) >= 11 is 12.4. The maximum absolute atomic E-state index is 14.5. The zero-order chi connectivity index (χ0) is 62.7. The van der Waals surface area contributed by atoms with Gasteiger partial charge in [-0.05, 0) is 107 Å². The summed E-state index contributed by atoms with van der Waals surface area (Å²) in [6, 6.07) is 5.50. The van der Waals surface area contributed by atoms with Crippen LogP contribution in [0.5, 0.6) is 0 Å². The van der Waals surface area contributed by atoms with Crippen LogP contribution in [-0.2, 0) is 54.1 Å². The number of anilines is 2. The Morgan fingerprint density at radius 3 is 2.34 bits per heavy atom. The summed E-state index contributed by atoms with van der Waals surface area (Å²) in [7, 11) is 4.33. The largest absolute Gasteiger partial charge is 0.457 e. The summed E-state index contributed by atoms with van der Waals surface area (Å²) in [5.41, 5.74) is 4.87. The summed E-state index contributed by atoms with van der Waals surface area (Å²) in [5, 5.41) is 29.0. The molecule has 6 rings (SSSR count). The van der Waals surface area contributed by atoms with E-state index in [1.165, 1.54) is 50.3 Å². The maximum atomic E-state index is 14.5. The first-order valence-corrected chi connectivity index (χ1v) is 29.0. The number of para-hydroxylation sites is 1. The van der Waals surface area contributed by atoms with Crippen molar-refractivity contribution in [2.24, 2.45) is 17.6 Å². The van der Waals surface area contributed by atoms with Gasteiger partial charge in [0.15, 0.2) is 10.8 Å². The van der Waals surface area contributed by atoms with E-state index < -0.39 is 108 Å². The fourth-order valence-corrected chi connectivity index (χ4v) is 10.9. The van der Waals surface area contributed by atoms with Crippen LogP contribution in [0.1, 0.15) is 102 Å². The number of urea groups is 1. The number of imide groups is 1. The fraction of sp³-hybridized carbons (Fsp3) is 0.525. The number of halogens is 1. The molecule has 0 radical (unpaired) electrons. The lowest BCUT2D eigenvalue weighted by atomic mass is 9.83. The van der Waals surface area contributed by atoms with Crippen molar-refractivity contribution in [1.29, 1.82) is 0 Å². The predicted molar refractivity (Wildman–Crippen MR) is 320 cm³/mol. The van der Waals surface area contributed by atoms with Crippen molar-refractivity contribution in [3.8, 4) is 0 Å². The van der Waals surface area contributed by atoms with Gasteiger partial charge in [0.1, 0.15) is 42.0 Å². The number of nitrogens with zero attached hydrogens (tertiary/aromatic N) is 3. The van der Waals surface area contributed by atoms with Gasteiger partial charge in [-0.1, -0.05) is 74.4 Å². The Kier molecular flexibility index (Phi) is 22.8. The molecule has 0 spiro atoms. The Morgan fingerprint density at radius 1 is 0.988 bits per heavy atom. The lowest BCUT2D eigenvalue weighted by molar-refractivity contribution is -0.158. The molecule has 26 heteroatoms. The van der Waals surface area contributed by atoms with Crippen LogP contribution < -0.4 is 42.5 Å². The van der Waals surface area contributed by atoms with E-state index >= 15 is 0 Å². The molecule has 4 aliphatic rings. The van der Waals surface area contributed by atoms with Crippen molar-refractivity contribution in [2.45, 2.75) is 147 Å². The Labute approximate surface area is 505 Å². The molecule has 24 nitrogen and oxygen atoms in total. The van der Waals surface area contributed by atoms with Crippen LogP contribution in [0.15, 0.2) is 72.4 Å². The lowest BCUT2D eigenvalue weighted by Gasteiger charge is -2.42. The van der Waals surface area contributed by atoms with Gasteiger partial charge in [0, 0.05) is 65.3 Å². The highest BCUT2D eigenvalue weighted by Crippen LogP contribution is 2.49. The van der Waals surface area contributed by atoms with Crippen LogP contribution in [-0.4, -0.2) is 168 Å². The number of rotatable bonds is 20. The van der Waals surface area contributed by atoms with Gasteiger partial charge in [0.2, 0.25) is 17.7 Å². The van der Waals surface area contributed by atoms with E-state index in [9.17, 15) is 48.3 Å². The van der Waals surface area contributed by atoms with Crippen molar-refractivity contribution in [3.05, 3.63) is 94.1 Å². The zero-order valence-electron chi connectivity index (χ0n) is 49.6. The first-order valence-electron chi connectivity index (χ1n) is 28.2. The van der Waals surface area contributed by atoms with Crippen LogP contribution in [0.3, 0.4) is 0 Å². The minimum Gasteiger partial charge on any atom is -0.457 e. The summed E-state index contributed by atoms with van der Waals surface area (Å²) in [5.74, 6) is -5.17. The van der Waals surface area contributed by atoms with E-state index in [1.807, 2.05) is 26.0 Å². The number of primary amides is 1. The highest BCUT2D eigenvalue weighted by molar-refractivity contribution is 7.80. The molecule has 2 saturated heterocycles. The second kappa shape index (κ2) is 29.1. The quantitative estimate of drug-likeness (QED) is 0.0303. The average molecular weight is 1220 g/mol. The van der Waals surface area contributed by atoms with Crippen molar-refractivity contribution < 1.29 is 67.2 Å². The standard InChI is InChI=1S/C59H79ClN10O14S/c1-32(2)49(66-56(85)63-24-13-14-26-70-45(71)22-23-46(70)72)52(75)65-40(20-16-25-62-55(61)78)51(74)64-39-19-12-11-18-38(39)53(76)68(8)36(6)54(77)83-44-30-47(73)69(9)41-29-37(28-34(4)48(41)60)27-33(3)17-15-21-43(81-10)59(80)31-42(82-57(79)67-59)35(5)50-58(44,7)84-50/h11-12,15,17-19,21-23,28-29,32,35-36,40,42-44,49-50,80H,13-14,16,20,24-27,30-31H2,1-10H3,(H,64,74)(H,65,75)(H,67,79)(H3,61,62,78)(H2,63,66,85)/b21-15+,33-17+/t35-,36+,40+,42+,43-,44+,49+,50+,58+,59+/m1/s1. The van der Waals surface area contributed by atoms with Gasteiger partial charge < -0.3 is 66.2 Å². The van der Waals surface area contributed by atoms with Gasteiger partial charge in [0.05, 0.1) is 34.5 Å². The Morgan fingerprint density at radius 2 is 1.67 bits per heavy atom. The molecule has 4 heterocycles. The zero-order valence-corrected chi connectivity index (χ0v) is 51.2. The minimum absolute atomic E-state index is 0.0109. The number of alkyl carbamates (subject to hydrolysis) is 1. The van der Waals surface area contributed by atoms with Crippen molar-refractivity contribution in [1.82, 2.24) is 36.4 Å². The molecular formula is C59H79ClN10O14S. The third-order valence-electron chi connectivity index (χ3n) is 15.7. The molecule has 2 aromatic carbocycles. The average Bonchev–Trinajstić information content (AvgIpc) is 1.65. The van der Waals surface area contributed by atoms with Crippen LogP contribution in [0.2, 0.25) is 5.02 Å². The lowest BCUT2D eigenvalue weighted by Crippen LogP contribution is -2.63. The number of nitrogens with one attached hydrogen (secondary N) is 6. The molecule has 0 aliphatic carbocycles. The number of ether oxygens (including phenoxy) is 4. The van der Waals surface area contributed by atoms with Crippen LogP contribution >= 0.6 is 23.8 Å². The van der Waals surface area contributed by atoms with Gasteiger partial charge >= 0.3 is 18.1 Å². The van der Waals surface area contributed by atoms with Gasteiger partial charge in [-0.3, -0.25) is 39.0 Å². The van der Waals surface area contributed by atoms with Crippen LogP contribution in [0, 0.1) is 18.8 Å². The highest BCUT2D eigenvalue weighted by atomic mass is 35.5. The third kappa shape index (κ3) is 16.9. The number of amides is 9. The van der Waals surface area contributed by atoms with E-state index in [0.29, 0.717) is 42.1 Å². The Bertz CT molecular complexity index is 2980. The molecular weight excluding hydrogens is 1140 g/mol.